The minimum atomic E-state index is -5.08. The van der Waals surface area contributed by atoms with Crippen molar-refractivity contribution in [3.8, 4) is 0 Å². The van der Waals surface area contributed by atoms with Gasteiger partial charge >= 0.3 is 30.1 Å². The normalized spacial score (nSPS) is 11.2. The van der Waals surface area contributed by atoms with Crippen LogP contribution in [0.25, 0.3) is 0 Å². The lowest BCUT2D eigenvalue weighted by molar-refractivity contribution is -0.192. The van der Waals surface area contributed by atoms with Crippen LogP contribution in [0.1, 0.15) is 96.8 Å². The first-order chi connectivity index (χ1) is 20.8. The van der Waals surface area contributed by atoms with Crippen molar-refractivity contribution in [1.82, 2.24) is 5.32 Å². The first-order valence-electron chi connectivity index (χ1n) is 14.9. The van der Waals surface area contributed by atoms with Crippen LogP contribution in [0, 0.1) is 0 Å². The molecule has 0 radical (unpaired) electrons. The number of esters is 3. The van der Waals surface area contributed by atoms with E-state index < -0.39 is 35.6 Å². The molecular weight excluding hydrogens is 593 g/mol. The zero-order valence-corrected chi connectivity index (χ0v) is 25.7. The van der Waals surface area contributed by atoms with E-state index in [2.05, 4.69) is 12.2 Å². The van der Waals surface area contributed by atoms with Gasteiger partial charge in [0.1, 0.15) is 25.4 Å². The second-order valence-corrected chi connectivity index (χ2v) is 10.2. The highest BCUT2D eigenvalue weighted by molar-refractivity contribution is 5.77. The van der Waals surface area contributed by atoms with E-state index >= 15 is 0 Å². The van der Waals surface area contributed by atoms with E-state index in [1.54, 1.807) is 0 Å². The molecule has 0 aromatic heterocycles. The maximum atomic E-state index is 12.9. The van der Waals surface area contributed by atoms with E-state index in [1.165, 1.54) is 19.3 Å². The molecule has 0 aromatic rings. The van der Waals surface area contributed by atoms with Crippen molar-refractivity contribution in [2.24, 2.45) is 17.2 Å². The molecule has 0 aliphatic heterocycles. The number of nitrogens with two attached hydrogens (primary N) is 3. The number of halogens is 3. The van der Waals surface area contributed by atoms with Crippen LogP contribution < -0.4 is 22.5 Å². The lowest BCUT2D eigenvalue weighted by Crippen LogP contribution is -2.59. The number of alkyl halides is 3. The molecule has 0 aliphatic rings. The van der Waals surface area contributed by atoms with Gasteiger partial charge < -0.3 is 41.8 Å². The number of amides is 1. The number of aliphatic carboxylic acids is 1. The number of carbonyl (C=O) groups is 5. The fourth-order valence-corrected chi connectivity index (χ4v) is 3.45. The second kappa shape index (κ2) is 26.4. The maximum Gasteiger partial charge on any atom is 0.490 e. The Morgan fingerprint density at radius 3 is 1.27 bits per heavy atom. The Morgan fingerprint density at radius 2 is 0.955 bits per heavy atom. The van der Waals surface area contributed by atoms with Gasteiger partial charge in [-0.25, -0.2) is 4.79 Å². The fraction of sp³-hybridized carbons (Fsp3) is 0.821. The van der Waals surface area contributed by atoms with Crippen molar-refractivity contribution in [3.63, 3.8) is 0 Å². The standard InChI is InChI=1S/C26H50N4O7.C2HF3O2/c1-2-3-4-5-6-7-8-12-22(31)30-26(19-35-23(32)13-9-16-27,20-36-24(33)14-10-17-28)21-37-25(34)15-11-18-29;3-2(4,5)1(6)7/h2-21,27-29H2,1H3,(H,30,31);(H,6,7). The predicted octanol–water partition coefficient (Wildman–Crippen LogP) is 2.46. The Bertz CT molecular complexity index is 771. The van der Waals surface area contributed by atoms with E-state index in [4.69, 9.17) is 41.3 Å². The van der Waals surface area contributed by atoms with E-state index in [9.17, 15) is 32.3 Å². The molecule has 0 atom stereocenters. The van der Waals surface area contributed by atoms with Gasteiger partial charge in [-0.2, -0.15) is 13.2 Å². The summed E-state index contributed by atoms with van der Waals surface area (Å²) in [5.74, 6) is -4.60. The molecule has 0 bridgehead atoms. The van der Waals surface area contributed by atoms with Crippen LogP contribution >= 0.6 is 0 Å². The quantitative estimate of drug-likeness (QED) is 0.0581. The van der Waals surface area contributed by atoms with Crippen molar-refractivity contribution in [3.05, 3.63) is 0 Å². The lowest BCUT2D eigenvalue weighted by Gasteiger charge is -2.33. The molecule has 0 fully saturated rings. The Morgan fingerprint density at radius 1 is 0.614 bits per heavy atom. The van der Waals surface area contributed by atoms with E-state index in [1.807, 2.05) is 0 Å². The molecule has 0 saturated carbocycles. The Labute approximate surface area is 257 Å². The van der Waals surface area contributed by atoms with Gasteiger partial charge in [-0.15, -0.1) is 0 Å². The molecule has 0 aliphatic carbocycles. The van der Waals surface area contributed by atoms with E-state index in [0.717, 1.165) is 19.3 Å². The Hall–Kier alpha value is -2.98. The predicted molar refractivity (Wildman–Crippen MR) is 155 cm³/mol. The van der Waals surface area contributed by atoms with Gasteiger partial charge in [-0.05, 0) is 45.3 Å². The third-order valence-electron chi connectivity index (χ3n) is 5.94. The average molecular weight is 645 g/mol. The lowest BCUT2D eigenvalue weighted by atomic mass is 10.0. The van der Waals surface area contributed by atoms with Crippen LogP contribution in [-0.4, -0.2) is 86.1 Å². The molecule has 44 heavy (non-hydrogen) atoms. The summed E-state index contributed by atoms with van der Waals surface area (Å²) in [5, 5.41) is 9.96. The highest BCUT2D eigenvalue weighted by atomic mass is 19.4. The number of hydrogen-bond acceptors (Lipinski definition) is 11. The number of carboxylic acids is 1. The zero-order valence-electron chi connectivity index (χ0n) is 25.7. The van der Waals surface area contributed by atoms with Crippen LogP contribution in [0.3, 0.4) is 0 Å². The molecule has 0 saturated heterocycles. The van der Waals surface area contributed by atoms with Crippen molar-refractivity contribution >= 4 is 29.8 Å². The number of carboxylic acid groups (broad SMARTS) is 1. The molecule has 0 unspecified atom stereocenters. The monoisotopic (exact) mass is 644 g/mol. The van der Waals surface area contributed by atoms with Crippen molar-refractivity contribution in [1.29, 1.82) is 0 Å². The summed E-state index contributed by atoms with van der Waals surface area (Å²) in [6, 6.07) is 0. The van der Waals surface area contributed by atoms with Crippen molar-refractivity contribution < 1.29 is 56.5 Å². The van der Waals surface area contributed by atoms with Gasteiger partial charge in [-0.3, -0.25) is 19.2 Å². The number of hydrogen-bond donors (Lipinski definition) is 5. The Kier molecular flexibility index (Phi) is 25.9. The van der Waals surface area contributed by atoms with Gasteiger partial charge in [0, 0.05) is 25.7 Å². The van der Waals surface area contributed by atoms with Crippen LogP contribution in [0.4, 0.5) is 13.2 Å². The summed E-state index contributed by atoms with van der Waals surface area (Å²) in [6.07, 6.45) is 4.17. The smallest absolute Gasteiger partial charge is 0.475 e. The maximum absolute atomic E-state index is 12.9. The largest absolute Gasteiger partial charge is 0.490 e. The zero-order chi connectivity index (χ0) is 33.9. The third kappa shape index (κ3) is 25.5. The number of unbranched alkanes of at least 4 members (excludes halogenated alkanes) is 6. The molecule has 16 heteroatoms. The molecular formula is C28H51F3N4O9. The van der Waals surface area contributed by atoms with Gasteiger partial charge in [-0.1, -0.05) is 45.4 Å². The SMILES string of the molecule is CCCCCCCCCC(=O)NC(COC(=O)CCCN)(COC(=O)CCCN)COC(=O)CCCN.O=C(O)C(F)(F)F. The fourth-order valence-electron chi connectivity index (χ4n) is 3.45. The highest BCUT2D eigenvalue weighted by Crippen LogP contribution is 2.15. The molecule has 8 N–H and O–H groups in total. The number of nitrogens with one attached hydrogen (secondary N) is 1. The second-order valence-electron chi connectivity index (χ2n) is 10.2. The highest BCUT2D eigenvalue weighted by Gasteiger charge is 2.38. The van der Waals surface area contributed by atoms with E-state index in [0.29, 0.717) is 45.3 Å². The molecule has 1 amide bonds. The summed E-state index contributed by atoms with van der Waals surface area (Å²) in [6.45, 7) is 2.17. The summed E-state index contributed by atoms with van der Waals surface area (Å²) in [5.41, 5.74) is 15.0. The summed E-state index contributed by atoms with van der Waals surface area (Å²) in [7, 11) is 0. The van der Waals surface area contributed by atoms with Crippen LogP contribution in [0.15, 0.2) is 0 Å². The minimum absolute atomic E-state index is 0.102. The number of carbonyl (C=O) groups excluding carboxylic acids is 4. The summed E-state index contributed by atoms with van der Waals surface area (Å²) >= 11 is 0. The van der Waals surface area contributed by atoms with Crippen LogP contribution in [-0.2, 0) is 38.2 Å². The third-order valence-corrected chi connectivity index (χ3v) is 5.94. The first kappa shape index (κ1) is 43.1. The summed E-state index contributed by atoms with van der Waals surface area (Å²) in [4.78, 5) is 58.3. The van der Waals surface area contributed by atoms with Crippen LogP contribution in [0.5, 0.6) is 0 Å². The van der Waals surface area contributed by atoms with Crippen molar-refractivity contribution in [2.45, 2.75) is 109 Å². The van der Waals surface area contributed by atoms with Crippen molar-refractivity contribution in [2.75, 3.05) is 39.5 Å². The molecule has 0 spiro atoms. The molecule has 0 rings (SSSR count). The number of ether oxygens (including phenoxy) is 3. The number of rotatable bonds is 24. The first-order valence-corrected chi connectivity index (χ1v) is 14.9. The van der Waals surface area contributed by atoms with Gasteiger partial charge in [0.15, 0.2) is 0 Å². The minimum Gasteiger partial charge on any atom is -0.475 e. The van der Waals surface area contributed by atoms with Gasteiger partial charge in [0.2, 0.25) is 5.91 Å². The molecule has 0 heterocycles. The molecule has 13 nitrogen and oxygen atoms in total. The average Bonchev–Trinajstić information content (AvgIpc) is 2.97. The van der Waals surface area contributed by atoms with Crippen LogP contribution in [0.2, 0.25) is 0 Å². The summed E-state index contributed by atoms with van der Waals surface area (Å²) < 4.78 is 47.9. The van der Waals surface area contributed by atoms with Gasteiger partial charge in [0.25, 0.3) is 0 Å². The van der Waals surface area contributed by atoms with Gasteiger partial charge in [0.05, 0.1) is 0 Å². The topological polar surface area (TPSA) is 223 Å². The molecule has 0 aromatic carbocycles. The van der Waals surface area contributed by atoms with E-state index in [-0.39, 0.29) is 51.4 Å². The molecule has 258 valence electrons. The Balaban J connectivity index is 0.